The average Bonchev–Trinajstić information content (AvgIpc) is 2.82. The van der Waals surface area contributed by atoms with Crippen LogP contribution in [0.3, 0.4) is 0 Å². The number of aryl methyl sites for hydroxylation is 1. The quantitative estimate of drug-likeness (QED) is 0.629. The molecule has 3 amide bonds. The topological polar surface area (TPSA) is 66.5 Å². The Bertz CT molecular complexity index is 921. The van der Waals surface area contributed by atoms with Gasteiger partial charge in [0.15, 0.2) is 0 Å². The van der Waals surface area contributed by atoms with E-state index >= 15 is 0 Å². The Morgan fingerprint density at radius 3 is 2.56 bits per heavy atom. The predicted octanol–water partition coefficient (Wildman–Crippen LogP) is 3.79. The Kier molecular flexibility index (Phi) is 4.55. The lowest BCUT2D eigenvalue weighted by molar-refractivity contribution is 0.0672. The summed E-state index contributed by atoms with van der Waals surface area (Å²) >= 11 is 3.38. The standard InChI is InChI=1S/C19H15BrN2O3/c1-3-8-22-18(24)14-6-4-12(10-15(14)19(22)25)17(23)21-16-7-5-13(20)9-11(16)2/h3-7,9-10H,1,8H2,2H3,(H,21,23). The number of anilines is 1. The largest absolute Gasteiger partial charge is 0.322 e. The molecule has 3 rings (SSSR count). The minimum absolute atomic E-state index is 0.145. The molecular weight excluding hydrogens is 384 g/mol. The van der Waals surface area contributed by atoms with Crippen molar-refractivity contribution in [2.75, 3.05) is 11.9 Å². The summed E-state index contributed by atoms with van der Waals surface area (Å²) in [5.74, 6) is -1.11. The molecule has 5 nitrogen and oxygen atoms in total. The summed E-state index contributed by atoms with van der Waals surface area (Å²) in [6.45, 7) is 5.58. The van der Waals surface area contributed by atoms with Gasteiger partial charge in [-0.2, -0.15) is 0 Å². The number of carbonyl (C=O) groups is 3. The smallest absolute Gasteiger partial charge is 0.261 e. The number of benzene rings is 2. The fourth-order valence-electron chi connectivity index (χ4n) is 2.69. The van der Waals surface area contributed by atoms with Crippen molar-refractivity contribution in [3.63, 3.8) is 0 Å². The number of nitrogens with zero attached hydrogens (tertiary/aromatic N) is 1. The zero-order valence-corrected chi connectivity index (χ0v) is 15.1. The van der Waals surface area contributed by atoms with Gasteiger partial charge in [-0.25, -0.2) is 0 Å². The van der Waals surface area contributed by atoms with Crippen molar-refractivity contribution in [1.29, 1.82) is 0 Å². The molecule has 0 aliphatic carbocycles. The molecule has 0 radical (unpaired) electrons. The van der Waals surface area contributed by atoms with Gasteiger partial charge in [0.2, 0.25) is 0 Å². The van der Waals surface area contributed by atoms with Gasteiger partial charge in [-0.05, 0) is 48.9 Å². The molecule has 1 aliphatic heterocycles. The molecule has 0 saturated heterocycles. The molecule has 0 aromatic heterocycles. The second kappa shape index (κ2) is 6.64. The summed E-state index contributed by atoms with van der Waals surface area (Å²) in [5.41, 5.74) is 2.47. The van der Waals surface area contributed by atoms with Crippen LogP contribution in [0, 0.1) is 6.92 Å². The van der Waals surface area contributed by atoms with Gasteiger partial charge in [-0.1, -0.05) is 22.0 Å². The monoisotopic (exact) mass is 398 g/mol. The van der Waals surface area contributed by atoms with Crippen molar-refractivity contribution in [3.8, 4) is 0 Å². The van der Waals surface area contributed by atoms with Crippen LogP contribution in [0.4, 0.5) is 5.69 Å². The van der Waals surface area contributed by atoms with Crippen molar-refractivity contribution < 1.29 is 14.4 Å². The number of imide groups is 1. The van der Waals surface area contributed by atoms with Crippen molar-refractivity contribution in [2.24, 2.45) is 0 Å². The third-order valence-corrected chi connectivity index (χ3v) is 4.47. The molecule has 0 spiro atoms. The van der Waals surface area contributed by atoms with Crippen molar-refractivity contribution in [2.45, 2.75) is 6.92 Å². The first-order valence-electron chi connectivity index (χ1n) is 7.61. The Balaban J connectivity index is 1.88. The van der Waals surface area contributed by atoms with E-state index in [-0.39, 0.29) is 23.9 Å². The molecule has 1 heterocycles. The molecule has 0 bridgehead atoms. The van der Waals surface area contributed by atoms with Gasteiger partial charge < -0.3 is 5.32 Å². The average molecular weight is 399 g/mol. The molecular formula is C19H15BrN2O3. The lowest BCUT2D eigenvalue weighted by atomic mass is 10.0. The highest BCUT2D eigenvalue weighted by atomic mass is 79.9. The maximum atomic E-state index is 12.5. The van der Waals surface area contributed by atoms with E-state index in [9.17, 15) is 14.4 Å². The molecule has 1 aliphatic rings. The Labute approximate surface area is 153 Å². The van der Waals surface area contributed by atoms with Crippen molar-refractivity contribution in [1.82, 2.24) is 4.90 Å². The van der Waals surface area contributed by atoms with E-state index in [0.717, 1.165) is 14.9 Å². The summed E-state index contributed by atoms with van der Waals surface area (Å²) in [6, 6.07) is 10.1. The summed E-state index contributed by atoms with van der Waals surface area (Å²) in [5, 5.41) is 2.82. The van der Waals surface area contributed by atoms with E-state index in [1.807, 2.05) is 19.1 Å². The van der Waals surface area contributed by atoms with Crippen LogP contribution in [-0.2, 0) is 0 Å². The second-order valence-corrected chi connectivity index (χ2v) is 6.60. The number of carbonyl (C=O) groups excluding carboxylic acids is 3. The Morgan fingerprint density at radius 1 is 1.16 bits per heavy atom. The zero-order chi connectivity index (χ0) is 18.1. The summed E-state index contributed by atoms with van der Waals surface area (Å²) in [7, 11) is 0. The Morgan fingerprint density at radius 2 is 1.88 bits per heavy atom. The third-order valence-electron chi connectivity index (χ3n) is 3.98. The van der Waals surface area contributed by atoms with Crippen LogP contribution < -0.4 is 5.32 Å². The van der Waals surface area contributed by atoms with E-state index in [1.165, 1.54) is 18.2 Å². The lowest BCUT2D eigenvalue weighted by Gasteiger charge is -2.09. The molecule has 2 aromatic carbocycles. The normalized spacial score (nSPS) is 13.0. The van der Waals surface area contributed by atoms with Crippen LogP contribution in [0.5, 0.6) is 0 Å². The molecule has 6 heteroatoms. The van der Waals surface area contributed by atoms with Gasteiger partial charge in [0.1, 0.15) is 0 Å². The van der Waals surface area contributed by atoms with Gasteiger partial charge in [0.05, 0.1) is 11.1 Å². The van der Waals surface area contributed by atoms with Gasteiger partial charge in [-0.3, -0.25) is 19.3 Å². The number of hydrogen-bond acceptors (Lipinski definition) is 3. The first-order chi connectivity index (χ1) is 11.9. The SMILES string of the molecule is C=CCN1C(=O)c2ccc(C(=O)Nc3ccc(Br)cc3C)cc2C1=O. The minimum atomic E-state index is -0.408. The molecule has 126 valence electrons. The summed E-state index contributed by atoms with van der Waals surface area (Å²) in [4.78, 5) is 38.1. The van der Waals surface area contributed by atoms with Crippen molar-refractivity contribution in [3.05, 3.63) is 75.8 Å². The molecule has 0 atom stereocenters. The fraction of sp³-hybridized carbons (Fsp3) is 0.105. The maximum absolute atomic E-state index is 12.5. The zero-order valence-electron chi connectivity index (χ0n) is 13.5. The number of fused-ring (bicyclic) bond motifs is 1. The van der Waals surface area contributed by atoms with Crippen molar-refractivity contribution >= 4 is 39.3 Å². The van der Waals surface area contributed by atoms with Crippen LogP contribution in [0.1, 0.15) is 36.6 Å². The molecule has 25 heavy (non-hydrogen) atoms. The van der Waals surface area contributed by atoms with Gasteiger partial charge in [0.25, 0.3) is 17.7 Å². The van der Waals surface area contributed by atoms with Crippen LogP contribution in [0.15, 0.2) is 53.5 Å². The molecule has 1 N–H and O–H groups in total. The van der Waals surface area contributed by atoms with E-state index in [0.29, 0.717) is 16.8 Å². The van der Waals surface area contributed by atoms with Crippen LogP contribution in [0.2, 0.25) is 0 Å². The molecule has 0 saturated carbocycles. The Hall–Kier alpha value is -2.73. The highest BCUT2D eigenvalue weighted by Gasteiger charge is 2.35. The number of hydrogen-bond donors (Lipinski definition) is 1. The first kappa shape index (κ1) is 17.1. The van der Waals surface area contributed by atoms with Gasteiger partial charge in [-0.15, -0.1) is 6.58 Å². The summed E-state index contributed by atoms with van der Waals surface area (Å²) < 4.78 is 0.923. The first-order valence-corrected chi connectivity index (χ1v) is 8.40. The second-order valence-electron chi connectivity index (χ2n) is 5.68. The number of amides is 3. The van der Waals surface area contributed by atoms with Gasteiger partial charge in [0, 0.05) is 22.3 Å². The van der Waals surface area contributed by atoms with E-state index in [1.54, 1.807) is 12.1 Å². The number of halogens is 1. The molecule has 2 aromatic rings. The number of nitrogens with one attached hydrogen (secondary N) is 1. The van der Waals surface area contributed by atoms with E-state index in [2.05, 4.69) is 27.8 Å². The summed E-state index contributed by atoms with van der Waals surface area (Å²) in [6.07, 6.45) is 1.49. The van der Waals surface area contributed by atoms with E-state index in [4.69, 9.17) is 0 Å². The third kappa shape index (κ3) is 3.13. The lowest BCUT2D eigenvalue weighted by Crippen LogP contribution is -2.29. The molecule has 0 unspecified atom stereocenters. The van der Waals surface area contributed by atoms with Gasteiger partial charge >= 0.3 is 0 Å². The number of rotatable bonds is 4. The van der Waals surface area contributed by atoms with Crippen LogP contribution in [0.25, 0.3) is 0 Å². The minimum Gasteiger partial charge on any atom is -0.322 e. The van der Waals surface area contributed by atoms with Crippen LogP contribution >= 0.6 is 15.9 Å². The molecule has 0 fully saturated rings. The predicted molar refractivity (Wildman–Crippen MR) is 98.8 cm³/mol. The maximum Gasteiger partial charge on any atom is 0.261 e. The van der Waals surface area contributed by atoms with Crippen LogP contribution in [-0.4, -0.2) is 29.2 Å². The highest BCUT2D eigenvalue weighted by Crippen LogP contribution is 2.25. The fourth-order valence-corrected chi connectivity index (χ4v) is 3.16. The van der Waals surface area contributed by atoms with E-state index < -0.39 is 5.91 Å². The highest BCUT2D eigenvalue weighted by molar-refractivity contribution is 9.10.